The molecule has 2 heterocycles. The minimum atomic E-state index is -0.552. The van der Waals surface area contributed by atoms with E-state index >= 15 is 0 Å². The molecule has 1 aliphatic carbocycles. The first-order valence-corrected chi connectivity index (χ1v) is 12.5. The maximum Gasteiger partial charge on any atom is 0.408 e. The van der Waals surface area contributed by atoms with Gasteiger partial charge >= 0.3 is 6.09 Å². The van der Waals surface area contributed by atoms with Crippen LogP contribution in [0.5, 0.6) is 0 Å². The summed E-state index contributed by atoms with van der Waals surface area (Å²) >= 11 is 0. The van der Waals surface area contributed by atoms with Crippen LogP contribution in [0.25, 0.3) is 28.2 Å². The number of amides is 2. The Morgan fingerprint density at radius 1 is 0.946 bits per heavy atom. The Morgan fingerprint density at radius 3 is 2.24 bits per heavy atom. The molecule has 0 saturated heterocycles. The van der Waals surface area contributed by atoms with Gasteiger partial charge in [-0.15, -0.1) is 5.10 Å². The summed E-state index contributed by atoms with van der Waals surface area (Å²) in [5.41, 5.74) is 4.26. The molecule has 2 aromatic heterocycles. The first kappa shape index (κ1) is 24.5. The Balaban J connectivity index is 1.53. The highest BCUT2D eigenvalue weighted by Crippen LogP contribution is 2.42. The van der Waals surface area contributed by atoms with E-state index < -0.39 is 17.2 Å². The second-order valence-corrected chi connectivity index (χ2v) is 10.5. The number of rotatable bonds is 5. The van der Waals surface area contributed by atoms with Crippen molar-refractivity contribution in [2.45, 2.75) is 58.1 Å². The molecule has 2 N–H and O–H groups in total. The molecule has 8 heteroatoms. The molecule has 2 aromatic carbocycles. The van der Waals surface area contributed by atoms with E-state index in [0.717, 1.165) is 47.3 Å². The molecule has 0 unspecified atom stereocenters. The van der Waals surface area contributed by atoms with Gasteiger partial charge in [-0.2, -0.15) is 0 Å². The molecule has 0 atom stereocenters. The summed E-state index contributed by atoms with van der Waals surface area (Å²) in [5.74, 6) is 0.269. The minimum Gasteiger partial charge on any atom is -0.444 e. The van der Waals surface area contributed by atoms with Gasteiger partial charge in [0.05, 0.1) is 11.2 Å². The van der Waals surface area contributed by atoms with Crippen molar-refractivity contribution in [2.75, 3.05) is 5.32 Å². The number of nitrogens with zero attached hydrogens (tertiary/aromatic N) is 3. The molecule has 1 fully saturated rings. The van der Waals surface area contributed by atoms with Crippen LogP contribution in [0.1, 0.15) is 52.5 Å². The third-order valence-corrected chi connectivity index (χ3v) is 6.49. The molecule has 4 aromatic rings. The lowest BCUT2D eigenvalue weighted by atomic mass is 9.71. The van der Waals surface area contributed by atoms with Crippen molar-refractivity contribution in [2.24, 2.45) is 0 Å². The number of nitrogens with one attached hydrogen (secondary N) is 2. The molecule has 1 saturated carbocycles. The molecule has 1 aliphatic rings. The monoisotopic (exact) mass is 497 g/mol. The van der Waals surface area contributed by atoms with Crippen molar-refractivity contribution in [1.82, 2.24) is 19.9 Å². The number of carbonyl (C=O) groups excluding carboxylic acids is 2. The number of hydrogen-bond donors (Lipinski definition) is 2. The predicted molar refractivity (Wildman–Crippen MR) is 143 cm³/mol. The van der Waals surface area contributed by atoms with E-state index in [2.05, 4.69) is 27.9 Å². The zero-order valence-corrected chi connectivity index (χ0v) is 21.5. The van der Waals surface area contributed by atoms with Crippen LogP contribution in [0.4, 0.5) is 10.6 Å². The van der Waals surface area contributed by atoms with E-state index in [9.17, 15) is 9.59 Å². The summed E-state index contributed by atoms with van der Waals surface area (Å²) in [6.07, 6.45) is 2.38. The smallest absolute Gasteiger partial charge is 0.408 e. The highest BCUT2D eigenvalue weighted by Gasteiger charge is 2.41. The fraction of sp³-hybridized carbons (Fsp3) is 0.310. The van der Waals surface area contributed by atoms with Gasteiger partial charge in [-0.1, -0.05) is 54.6 Å². The molecular weight excluding hydrogens is 466 g/mol. The van der Waals surface area contributed by atoms with Gasteiger partial charge in [0.25, 0.3) is 0 Å². The zero-order valence-electron chi connectivity index (χ0n) is 21.5. The predicted octanol–water partition coefficient (Wildman–Crippen LogP) is 5.93. The van der Waals surface area contributed by atoms with Crippen molar-refractivity contribution in [3.8, 4) is 22.5 Å². The SMILES string of the molecule is CC(=O)Nc1ccc2nc(-c3ccc(C4(NC(=O)OC(C)(C)C)CCC4)cc3)c(-c3ccccc3)n2n1. The topological polar surface area (TPSA) is 97.6 Å². The Labute approximate surface area is 216 Å². The Morgan fingerprint density at radius 2 is 1.65 bits per heavy atom. The molecule has 0 aliphatic heterocycles. The maximum atomic E-state index is 12.5. The van der Waals surface area contributed by atoms with Crippen LogP contribution in [0.2, 0.25) is 0 Å². The molecule has 8 nitrogen and oxygen atoms in total. The third kappa shape index (κ3) is 5.05. The Kier molecular flexibility index (Phi) is 6.19. The fourth-order valence-electron chi connectivity index (χ4n) is 4.70. The van der Waals surface area contributed by atoms with E-state index in [0.29, 0.717) is 11.5 Å². The Hall–Kier alpha value is -4.20. The largest absolute Gasteiger partial charge is 0.444 e. The van der Waals surface area contributed by atoms with Gasteiger partial charge < -0.3 is 15.4 Å². The van der Waals surface area contributed by atoms with Gasteiger partial charge in [-0.05, 0) is 57.7 Å². The second kappa shape index (κ2) is 9.35. The maximum absolute atomic E-state index is 12.5. The molecule has 2 amide bonds. The van der Waals surface area contributed by atoms with Crippen molar-refractivity contribution in [3.05, 3.63) is 72.3 Å². The van der Waals surface area contributed by atoms with E-state index in [-0.39, 0.29) is 5.91 Å². The van der Waals surface area contributed by atoms with Gasteiger partial charge in [0.1, 0.15) is 11.3 Å². The van der Waals surface area contributed by atoms with Crippen molar-refractivity contribution < 1.29 is 14.3 Å². The first-order valence-electron chi connectivity index (χ1n) is 12.5. The number of imidazole rings is 1. The number of ether oxygens (including phenoxy) is 1. The Bertz CT molecular complexity index is 1450. The van der Waals surface area contributed by atoms with Crippen molar-refractivity contribution in [1.29, 1.82) is 0 Å². The van der Waals surface area contributed by atoms with Crippen molar-refractivity contribution >= 4 is 23.5 Å². The summed E-state index contributed by atoms with van der Waals surface area (Å²) in [7, 11) is 0. The number of benzene rings is 2. The summed E-state index contributed by atoms with van der Waals surface area (Å²) in [5, 5.41) is 10.5. The van der Waals surface area contributed by atoms with Crippen LogP contribution in [-0.2, 0) is 15.1 Å². The van der Waals surface area contributed by atoms with Crippen LogP contribution in [-0.4, -0.2) is 32.2 Å². The molecule has 37 heavy (non-hydrogen) atoms. The van der Waals surface area contributed by atoms with Crippen LogP contribution in [0.15, 0.2) is 66.7 Å². The summed E-state index contributed by atoms with van der Waals surface area (Å²) in [6, 6.07) is 21.7. The van der Waals surface area contributed by atoms with E-state index in [4.69, 9.17) is 9.72 Å². The van der Waals surface area contributed by atoms with Crippen LogP contribution in [0, 0.1) is 0 Å². The quantitative estimate of drug-likeness (QED) is 0.356. The summed E-state index contributed by atoms with van der Waals surface area (Å²) < 4.78 is 7.28. The molecule has 5 rings (SSSR count). The lowest BCUT2D eigenvalue weighted by Gasteiger charge is -2.43. The number of hydrogen-bond acceptors (Lipinski definition) is 5. The number of aromatic nitrogens is 3. The van der Waals surface area contributed by atoms with Gasteiger partial charge in [0.15, 0.2) is 11.5 Å². The average Bonchev–Trinajstić information content (AvgIpc) is 3.19. The molecule has 190 valence electrons. The van der Waals surface area contributed by atoms with Crippen LogP contribution < -0.4 is 10.6 Å². The van der Waals surface area contributed by atoms with E-state index in [1.165, 1.54) is 6.92 Å². The lowest BCUT2D eigenvalue weighted by molar-refractivity contribution is -0.114. The molecule has 0 radical (unpaired) electrons. The van der Waals surface area contributed by atoms with Gasteiger partial charge in [0.2, 0.25) is 5.91 Å². The van der Waals surface area contributed by atoms with Gasteiger partial charge in [-0.3, -0.25) is 4.79 Å². The number of carbonyl (C=O) groups is 2. The second-order valence-electron chi connectivity index (χ2n) is 10.5. The fourth-order valence-corrected chi connectivity index (χ4v) is 4.70. The van der Waals surface area contributed by atoms with E-state index in [1.807, 2.05) is 69.3 Å². The highest BCUT2D eigenvalue weighted by atomic mass is 16.6. The highest BCUT2D eigenvalue weighted by molar-refractivity contribution is 5.88. The van der Waals surface area contributed by atoms with Crippen LogP contribution in [0.3, 0.4) is 0 Å². The van der Waals surface area contributed by atoms with Gasteiger partial charge in [0, 0.05) is 18.1 Å². The summed E-state index contributed by atoms with van der Waals surface area (Å²) in [4.78, 5) is 29.0. The summed E-state index contributed by atoms with van der Waals surface area (Å²) in [6.45, 7) is 7.05. The minimum absolute atomic E-state index is 0.186. The number of fused-ring (bicyclic) bond motifs is 1. The van der Waals surface area contributed by atoms with Crippen molar-refractivity contribution in [3.63, 3.8) is 0 Å². The molecule has 0 spiro atoms. The first-order chi connectivity index (χ1) is 17.6. The van der Waals surface area contributed by atoms with E-state index in [1.54, 1.807) is 10.6 Å². The van der Waals surface area contributed by atoms with Crippen LogP contribution >= 0.6 is 0 Å². The average molecular weight is 498 g/mol. The normalized spacial score (nSPS) is 14.6. The molecular formula is C29H31N5O3. The zero-order chi connectivity index (χ0) is 26.2. The standard InChI is InChI=1S/C29H31N5O3/c1-19(35)30-23-15-16-24-31-25(26(34(24)33-23)21-9-6-5-7-10-21)20-11-13-22(14-12-20)29(17-8-18-29)32-27(36)37-28(2,3)4/h5-7,9-16H,8,17-18H2,1-4H3,(H,32,36)(H,30,33,35). The number of alkyl carbamates (subject to hydrolysis) is 1. The molecule has 0 bridgehead atoms. The van der Waals surface area contributed by atoms with Gasteiger partial charge in [-0.25, -0.2) is 14.3 Å². The number of anilines is 1. The lowest BCUT2D eigenvalue weighted by Crippen LogP contribution is -2.52. The third-order valence-electron chi connectivity index (χ3n) is 6.49.